The van der Waals surface area contributed by atoms with Gasteiger partial charge in [0.15, 0.2) is 6.29 Å². The highest BCUT2D eigenvalue weighted by Gasteiger charge is 2.50. The van der Waals surface area contributed by atoms with Crippen molar-refractivity contribution in [3.8, 4) is 5.75 Å². The number of fused-ring (bicyclic) bond motifs is 1. The van der Waals surface area contributed by atoms with E-state index in [1.54, 1.807) is 12.1 Å². The number of aliphatic hydroxyl groups excluding tert-OH is 1. The van der Waals surface area contributed by atoms with Gasteiger partial charge in [0.05, 0.1) is 56.4 Å². The molecule has 2 heterocycles. The number of aliphatic hydroxyl groups is 1. The average molecular weight is 668 g/mol. The number of methoxy groups -OCH3 is 1. The fourth-order valence-corrected chi connectivity index (χ4v) is 7.76. The van der Waals surface area contributed by atoms with Crippen molar-refractivity contribution in [1.82, 2.24) is 4.31 Å². The molecule has 0 spiro atoms. The third kappa shape index (κ3) is 9.19. The number of esters is 1. The van der Waals surface area contributed by atoms with Crippen LogP contribution in [-0.4, -0.2) is 81.8 Å². The number of sulfonamides is 1. The normalized spacial score (nSPS) is 22.3. The highest BCUT2D eigenvalue weighted by molar-refractivity contribution is 7.89. The Morgan fingerprint density at radius 1 is 0.894 bits per heavy atom. The van der Waals surface area contributed by atoms with Gasteiger partial charge in [-0.25, -0.2) is 8.42 Å². The second kappa shape index (κ2) is 16.2. The van der Waals surface area contributed by atoms with E-state index in [2.05, 4.69) is 0 Å². The first-order valence-corrected chi connectivity index (χ1v) is 17.5. The van der Waals surface area contributed by atoms with Crippen LogP contribution in [0.15, 0.2) is 89.8 Å². The Hall–Kier alpha value is -3.32. The second-order valence-corrected chi connectivity index (χ2v) is 14.5. The molecule has 254 valence electrons. The molecule has 47 heavy (non-hydrogen) atoms. The number of carbonyl (C=O) groups is 1. The lowest BCUT2D eigenvalue weighted by Gasteiger charge is -2.30. The smallest absolute Gasteiger partial charge is 0.306 e. The molecule has 0 radical (unpaired) electrons. The SMILES string of the molecule is COc1ccc(S(=O)(=O)N(CC(C)C)C[C@@H](O)[C@@H](CC(=O)O[C@H]2CO[C@H]3OC[C@H](OCc4ccccc4)[C@H]32)Cc2ccccc2)cc1. The minimum absolute atomic E-state index is 0.00578. The van der Waals surface area contributed by atoms with E-state index in [4.69, 9.17) is 23.7 Å². The number of hydrogen-bond acceptors (Lipinski definition) is 9. The standard InChI is InChI=1S/C36H45NO9S/c1-25(2)20-37(47(40,41)30-16-14-29(42-3)15-17-30)21-31(38)28(18-26-10-6-4-7-11-26)19-34(39)46-33-24-45-36-35(33)32(23-44-36)43-22-27-12-8-5-9-13-27/h4-17,25,28,31-33,35-36,38H,18-24H2,1-3H3/t28-,31-,32+,33+,35+,36-/m1/s1. The Bertz CT molecular complexity index is 1520. The Balaban J connectivity index is 1.28. The fourth-order valence-electron chi connectivity index (χ4n) is 6.14. The lowest BCUT2D eigenvalue weighted by Crippen LogP contribution is -2.43. The summed E-state index contributed by atoms with van der Waals surface area (Å²) in [5, 5.41) is 11.6. The molecule has 3 aromatic carbocycles. The van der Waals surface area contributed by atoms with Gasteiger partial charge in [0.1, 0.15) is 11.9 Å². The Kier molecular flexibility index (Phi) is 12.1. The Morgan fingerprint density at radius 2 is 1.51 bits per heavy atom. The van der Waals surface area contributed by atoms with Crippen molar-refractivity contribution in [2.45, 2.75) is 62.8 Å². The molecule has 5 rings (SSSR count). The van der Waals surface area contributed by atoms with E-state index in [0.29, 0.717) is 25.4 Å². The molecular formula is C36H45NO9S. The van der Waals surface area contributed by atoms with E-state index in [0.717, 1.165) is 11.1 Å². The van der Waals surface area contributed by atoms with Gasteiger partial charge in [0, 0.05) is 19.0 Å². The van der Waals surface area contributed by atoms with Crippen molar-refractivity contribution in [3.05, 3.63) is 96.1 Å². The molecule has 11 heteroatoms. The zero-order valence-electron chi connectivity index (χ0n) is 27.1. The summed E-state index contributed by atoms with van der Waals surface area (Å²) in [6, 6.07) is 25.5. The highest BCUT2D eigenvalue weighted by atomic mass is 32.2. The summed E-state index contributed by atoms with van der Waals surface area (Å²) in [6.07, 6.45) is -2.31. The average Bonchev–Trinajstić information content (AvgIpc) is 3.66. The molecule has 10 nitrogen and oxygen atoms in total. The highest BCUT2D eigenvalue weighted by Crippen LogP contribution is 2.36. The molecular weight excluding hydrogens is 622 g/mol. The number of ether oxygens (including phenoxy) is 5. The molecule has 1 N–H and O–H groups in total. The maximum absolute atomic E-state index is 13.8. The maximum atomic E-state index is 13.8. The number of hydrogen-bond donors (Lipinski definition) is 1. The first-order valence-electron chi connectivity index (χ1n) is 16.1. The first kappa shape index (κ1) is 35.0. The van der Waals surface area contributed by atoms with Crippen LogP contribution in [0.1, 0.15) is 31.4 Å². The van der Waals surface area contributed by atoms with E-state index < -0.39 is 40.4 Å². The molecule has 0 aromatic heterocycles. The van der Waals surface area contributed by atoms with Crippen LogP contribution >= 0.6 is 0 Å². The van der Waals surface area contributed by atoms with Gasteiger partial charge in [0.25, 0.3) is 0 Å². The summed E-state index contributed by atoms with van der Waals surface area (Å²) < 4.78 is 57.7. The molecule has 0 unspecified atom stereocenters. The van der Waals surface area contributed by atoms with E-state index in [1.165, 1.54) is 23.5 Å². The minimum atomic E-state index is -3.95. The van der Waals surface area contributed by atoms with Gasteiger partial charge < -0.3 is 28.8 Å². The summed E-state index contributed by atoms with van der Waals surface area (Å²) >= 11 is 0. The van der Waals surface area contributed by atoms with E-state index in [-0.39, 0.29) is 49.0 Å². The zero-order valence-corrected chi connectivity index (χ0v) is 28.0. The van der Waals surface area contributed by atoms with E-state index in [1.807, 2.05) is 74.5 Å². The number of benzene rings is 3. The summed E-state index contributed by atoms with van der Waals surface area (Å²) in [7, 11) is -2.44. The lowest BCUT2D eigenvalue weighted by atomic mass is 9.90. The molecule has 0 saturated carbocycles. The van der Waals surface area contributed by atoms with Crippen molar-refractivity contribution in [2.24, 2.45) is 17.8 Å². The molecule has 3 aromatic rings. The Morgan fingerprint density at radius 3 is 2.13 bits per heavy atom. The second-order valence-electron chi connectivity index (χ2n) is 12.6. The van der Waals surface area contributed by atoms with E-state index >= 15 is 0 Å². The molecule has 2 aliphatic rings. The summed E-state index contributed by atoms with van der Waals surface area (Å²) in [5.74, 6) is -0.863. The maximum Gasteiger partial charge on any atom is 0.306 e. The van der Waals surface area contributed by atoms with Gasteiger partial charge in [-0.1, -0.05) is 74.5 Å². The van der Waals surface area contributed by atoms with Gasteiger partial charge in [-0.2, -0.15) is 4.31 Å². The van der Waals surface area contributed by atoms with E-state index in [9.17, 15) is 18.3 Å². The van der Waals surface area contributed by atoms with Crippen LogP contribution in [0.4, 0.5) is 0 Å². The summed E-state index contributed by atoms with van der Waals surface area (Å²) in [6.45, 7) is 4.76. The zero-order chi connectivity index (χ0) is 33.4. The van der Waals surface area contributed by atoms with Crippen molar-refractivity contribution in [1.29, 1.82) is 0 Å². The van der Waals surface area contributed by atoms with Crippen LogP contribution in [0.25, 0.3) is 0 Å². The minimum Gasteiger partial charge on any atom is -0.497 e. The largest absolute Gasteiger partial charge is 0.497 e. The van der Waals surface area contributed by atoms with Gasteiger partial charge in [-0.3, -0.25) is 4.79 Å². The van der Waals surface area contributed by atoms with Crippen molar-refractivity contribution in [3.63, 3.8) is 0 Å². The van der Waals surface area contributed by atoms with Gasteiger partial charge in [0.2, 0.25) is 10.0 Å². The van der Waals surface area contributed by atoms with Gasteiger partial charge in [-0.05, 0) is 47.7 Å². The van der Waals surface area contributed by atoms with Crippen LogP contribution in [0.2, 0.25) is 0 Å². The van der Waals surface area contributed by atoms with Crippen molar-refractivity contribution in [2.75, 3.05) is 33.4 Å². The predicted octanol–water partition coefficient (Wildman–Crippen LogP) is 4.45. The van der Waals surface area contributed by atoms with Crippen LogP contribution < -0.4 is 4.74 Å². The molecule has 2 fully saturated rings. The molecule has 0 amide bonds. The van der Waals surface area contributed by atoms with Gasteiger partial charge in [-0.15, -0.1) is 0 Å². The third-order valence-electron chi connectivity index (χ3n) is 8.58. The summed E-state index contributed by atoms with van der Waals surface area (Å²) in [4.78, 5) is 13.6. The fraction of sp³-hybridized carbons (Fsp3) is 0.472. The lowest BCUT2D eigenvalue weighted by molar-refractivity contribution is -0.155. The first-order chi connectivity index (χ1) is 22.6. The molecule has 2 aliphatic heterocycles. The van der Waals surface area contributed by atoms with Crippen LogP contribution in [0.3, 0.4) is 0 Å². The van der Waals surface area contributed by atoms with Crippen molar-refractivity contribution < 1.29 is 42.0 Å². The van der Waals surface area contributed by atoms with Crippen LogP contribution in [0.5, 0.6) is 5.75 Å². The third-order valence-corrected chi connectivity index (χ3v) is 10.4. The predicted molar refractivity (Wildman–Crippen MR) is 175 cm³/mol. The molecule has 0 aliphatic carbocycles. The topological polar surface area (TPSA) is 121 Å². The van der Waals surface area contributed by atoms with Crippen LogP contribution in [-0.2, 0) is 46.8 Å². The Labute approximate surface area is 277 Å². The number of rotatable bonds is 16. The number of carbonyl (C=O) groups excluding carboxylic acids is 1. The molecule has 6 atom stereocenters. The molecule has 2 saturated heterocycles. The van der Waals surface area contributed by atoms with Crippen LogP contribution in [0, 0.1) is 17.8 Å². The molecule has 0 bridgehead atoms. The summed E-state index contributed by atoms with van der Waals surface area (Å²) in [5.41, 5.74) is 1.95. The number of nitrogens with zero attached hydrogens (tertiary/aromatic N) is 1. The quantitative estimate of drug-likeness (QED) is 0.221. The van der Waals surface area contributed by atoms with Crippen molar-refractivity contribution >= 4 is 16.0 Å². The monoisotopic (exact) mass is 667 g/mol. The van der Waals surface area contributed by atoms with Gasteiger partial charge >= 0.3 is 5.97 Å².